The number of hydrogen-bond donors (Lipinski definition) is 0. The van der Waals surface area contributed by atoms with E-state index in [0.717, 1.165) is 5.92 Å². The molecule has 3 heteroatoms. The molecule has 1 aliphatic rings. The molecule has 142 valence electrons. The lowest BCUT2D eigenvalue weighted by Gasteiger charge is -2.26. The minimum Gasteiger partial charge on any atom is -0.491 e. The molecule has 0 heterocycles. The fourth-order valence-electron chi connectivity index (χ4n) is 3.55. The Hall–Kier alpha value is -1.90. The molecule has 1 aliphatic carbocycles. The Morgan fingerprint density at radius 3 is 2.08 bits per heavy atom. The van der Waals surface area contributed by atoms with Crippen molar-refractivity contribution in [1.82, 2.24) is 0 Å². The Morgan fingerprint density at radius 2 is 1.50 bits per heavy atom. The van der Waals surface area contributed by atoms with Gasteiger partial charge in [0.1, 0.15) is 0 Å². The Bertz CT molecular complexity index is 686. The third-order valence-electron chi connectivity index (χ3n) is 5.06. The molecule has 26 heavy (non-hydrogen) atoms. The van der Waals surface area contributed by atoms with Crippen LogP contribution >= 0.6 is 0 Å². The predicted octanol–water partition coefficient (Wildman–Crippen LogP) is 7.35. The van der Waals surface area contributed by atoms with Crippen molar-refractivity contribution in [3.8, 4) is 16.9 Å². The molecule has 1 saturated carbocycles. The largest absolute Gasteiger partial charge is 0.491 e. The number of rotatable bonds is 4. The molecule has 0 aliphatic heterocycles. The van der Waals surface area contributed by atoms with Crippen molar-refractivity contribution in [1.29, 1.82) is 0 Å². The van der Waals surface area contributed by atoms with E-state index in [4.69, 9.17) is 4.74 Å². The predicted molar refractivity (Wildman–Crippen MR) is 105 cm³/mol. The number of halogens is 2. The van der Waals surface area contributed by atoms with Gasteiger partial charge < -0.3 is 4.74 Å². The van der Waals surface area contributed by atoms with E-state index in [0.29, 0.717) is 18.1 Å². The van der Waals surface area contributed by atoms with Crippen LogP contribution in [0.3, 0.4) is 0 Å². The molecule has 0 aromatic heterocycles. The van der Waals surface area contributed by atoms with E-state index in [1.807, 2.05) is 26.0 Å². The summed E-state index contributed by atoms with van der Waals surface area (Å²) in [6.45, 7) is 8.36. The highest BCUT2D eigenvalue weighted by molar-refractivity contribution is 5.65. The molecule has 3 rings (SSSR count). The maximum Gasteiger partial charge on any atom is 0.201 e. The van der Waals surface area contributed by atoms with Crippen LogP contribution in [0, 0.1) is 17.6 Å². The quantitative estimate of drug-likeness (QED) is 0.554. The van der Waals surface area contributed by atoms with Crippen molar-refractivity contribution in [2.45, 2.75) is 59.3 Å². The zero-order valence-electron chi connectivity index (χ0n) is 16.3. The summed E-state index contributed by atoms with van der Waals surface area (Å²) in [6, 6.07) is 11.0. The van der Waals surface area contributed by atoms with Crippen LogP contribution in [0.5, 0.6) is 5.75 Å². The third-order valence-corrected chi connectivity index (χ3v) is 5.06. The molecular weight excluding hydrogens is 330 g/mol. The summed E-state index contributed by atoms with van der Waals surface area (Å²) in [6.07, 6.45) is 4.97. The zero-order chi connectivity index (χ0) is 19.1. The van der Waals surface area contributed by atoms with Crippen molar-refractivity contribution in [2.75, 3.05) is 6.61 Å². The zero-order valence-corrected chi connectivity index (χ0v) is 16.3. The second-order valence-corrected chi connectivity index (χ2v) is 6.75. The second-order valence-electron chi connectivity index (χ2n) is 6.75. The van der Waals surface area contributed by atoms with Gasteiger partial charge in [-0.3, -0.25) is 0 Å². The van der Waals surface area contributed by atoms with Crippen LogP contribution < -0.4 is 4.74 Å². The molecule has 0 amide bonds. The SMILES string of the molecule is CC.CCOc1ccc(-c2ccc(C3CCC(C)CC3)cc2)c(F)c1F. The third kappa shape index (κ3) is 4.63. The summed E-state index contributed by atoms with van der Waals surface area (Å²) in [4.78, 5) is 0. The Balaban J connectivity index is 0.00000117. The van der Waals surface area contributed by atoms with Crippen molar-refractivity contribution in [3.05, 3.63) is 53.6 Å². The molecule has 0 atom stereocenters. The van der Waals surface area contributed by atoms with Crippen LogP contribution in [0.25, 0.3) is 11.1 Å². The molecule has 2 aromatic rings. The lowest BCUT2D eigenvalue weighted by molar-refractivity contribution is 0.314. The first-order valence-electron chi connectivity index (χ1n) is 9.81. The van der Waals surface area contributed by atoms with Gasteiger partial charge in [0.15, 0.2) is 11.6 Å². The molecule has 0 N–H and O–H groups in total. The number of hydrogen-bond acceptors (Lipinski definition) is 1. The summed E-state index contributed by atoms with van der Waals surface area (Å²) in [5, 5.41) is 0. The highest BCUT2D eigenvalue weighted by Crippen LogP contribution is 2.37. The van der Waals surface area contributed by atoms with Gasteiger partial charge in [0.05, 0.1) is 6.61 Å². The van der Waals surface area contributed by atoms with Crippen LogP contribution in [0.4, 0.5) is 8.78 Å². The second kappa shape index (κ2) is 9.70. The standard InChI is InChI=1S/C21H24F2O.C2H6/c1-3-24-19-13-12-18(20(22)21(19)23)17-10-8-16(9-11-17)15-6-4-14(2)5-7-15;1-2/h8-15H,3-7H2,1-2H3;1-2H3. The van der Waals surface area contributed by atoms with Crippen molar-refractivity contribution in [3.63, 3.8) is 0 Å². The minimum absolute atomic E-state index is 0.0355. The van der Waals surface area contributed by atoms with E-state index in [-0.39, 0.29) is 11.3 Å². The van der Waals surface area contributed by atoms with E-state index >= 15 is 0 Å². The maximum absolute atomic E-state index is 14.3. The van der Waals surface area contributed by atoms with E-state index in [1.54, 1.807) is 13.0 Å². The molecule has 1 nitrogen and oxygen atoms in total. The van der Waals surface area contributed by atoms with E-state index < -0.39 is 11.6 Å². The molecule has 2 aromatic carbocycles. The van der Waals surface area contributed by atoms with Crippen LogP contribution in [0.15, 0.2) is 36.4 Å². The highest BCUT2D eigenvalue weighted by atomic mass is 19.2. The molecule has 0 bridgehead atoms. The topological polar surface area (TPSA) is 9.23 Å². The molecule has 0 unspecified atom stereocenters. The van der Waals surface area contributed by atoms with Gasteiger partial charge in [-0.15, -0.1) is 0 Å². The summed E-state index contributed by atoms with van der Waals surface area (Å²) in [5.74, 6) is -0.384. The normalized spacial score (nSPS) is 19.5. The van der Waals surface area contributed by atoms with Crippen LogP contribution in [-0.2, 0) is 0 Å². The van der Waals surface area contributed by atoms with Gasteiger partial charge in [-0.05, 0) is 54.9 Å². The molecule has 0 spiro atoms. The van der Waals surface area contributed by atoms with Crippen molar-refractivity contribution in [2.24, 2.45) is 5.92 Å². The Kier molecular flexibility index (Phi) is 7.62. The fraction of sp³-hybridized carbons (Fsp3) is 0.478. The first-order valence-corrected chi connectivity index (χ1v) is 9.81. The van der Waals surface area contributed by atoms with Crippen LogP contribution in [0.1, 0.15) is 64.9 Å². The lowest BCUT2D eigenvalue weighted by Crippen LogP contribution is -2.10. The van der Waals surface area contributed by atoms with E-state index in [9.17, 15) is 8.78 Å². The monoisotopic (exact) mass is 360 g/mol. The lowest BCUT2D eigenvalue weighted by atomic mass is 9.79. The summed E-state index contributed by atoms with van der Waals surface area (Å²) in [7, 11) is 0. The minimum atomic E-state index is -0.917. The number of benzene rings is 2. The van der Waals surface area contributed by atoms with Gasteiger partial charge in [-0.25, -0.2) is 4.39 Å². The highest BCUT2D eigenvalue weighted by Gasteiger charge is 2.20. The van der Waals surface area contributed by atoms with Crippen molar-refractivity contribution >= 4 is 0 Å². The summed E-state index contributed by atoms with van der Waals surface area (Å²) >= 11 is 0. The smallest absolute Gasteiger partial charge is 0.201 e. The molecule has 0 saturated heterocycles. The summed E-state index contributed by atoms with van der Waals surface area (Å²) in [5.41, 5.74) is 2.28. The first-order chi connectivity index (χ1) is 12.6. The van der Waals surface area contributed by atoms with Crippen LogP contribution in [0.2, 0.25) is 0 Å². The van der Waals surface area contributed by atoms with Gasteiger partial charge >= 0.3 is 0 Å². The Labute approximate surface area is 156 Å². The van der Waals surface area contributed by atoms with Gasteiger partial charge in [0.25, 0.3) is 0 Å². The van der Waals surface area contributed by atoms with Crippen molar-refractivity contribution < 1.29 is 13.5 Å². The average Bonchev–Trinajstić information content (AvgIpc) is 2.68. The summed E-state index contributed by atoms with van der Waals surface area (Å²) < 4.78 is 33.5. The van der Waals surface area contributed by atoms with E-state index in [1.165, 1.54) is 37.3 Å². The van der Waals surface area contributed by atoms with E-state index in [2.05, 4.69) is 19.1 Å². The van der Waals surface area contributed by atoms with Gasteiger partial charge in [0, 0.05) is 5.56 Å². The molecule has 0 radical (unpaired) electrons. The number of ether oxygens (including phenoxy) is 1. The first kappa shape index (κ1) is 20.4. The van der Waals surface area contributed by atoms with Gasteiger partial charge in [-0.2, -0.15) is 4.39 Å². The van der Waals surface area contributed by atoms with Gasteiger partial charge in [-0.1, -0.05) is 57.9 Å². The van der Waals surface area contributed by atoms with Gasteiger partial charge in [0.2, 0.25) is 5.82 Å². The van der Waals surface area contributed by atoms with Crippen LogP contribution in [-0.4, -0.2) is 6.61 Å². The Morgan fingerprint density at radius 1 is 0.885 bits per heavy atom. The fourth-order valence-corrected chi connectivity index (χ4v) is 3.55. The maximum atomic E-state index is 14.3. The average molecular weight is 360 g/mol. The molecular formula is C23H30F2O. The molecule has 1 fully saturated rings.